The predicted molar refractivity (Wildman–Crippen MR) is 181 cm³/mol. The molecule has 1 atom stereocenters. The Hall–Kier alpha value is -5.55. The van der Waals surface area contributed by atoms with Gasteiger partial charge in [-0.2, -0.15) is 0 Å². The monoisotopic (exact) mass is 561 g/mol. The molecule has 1 unspecified atom stereocenters. The topological polar surface area (TPSA) is 81.9 Å². The SMILES string of the molecule is Cc1c(/C=C\N)n(-c2ccc(C3=CC(C/C=C\C=C/N)NC(c4ccc(-c5ccccc5)cc4)=C3)cn2)c2ccccc12. The molecule has 5 N–H and O–H groups in total. The zero-order chi connectivity index (χ0) is 29.6. The number of para-hydroxylation sites is 1. The quantitative estimate of drug-likeness (QED) is 0.169. The van der Waals surface area contributed by atoms with Crippen molar-refractivity contribution >= 4 is 28.2 Å². The molecule has 3 aromatic carbocycles. The van der Waals surface area contributed by atoms with Crippen molar-refractivity contribution in [2.45, 2.75) is 19.4 Å². The van der Waals surface area contributed by atoms with Crippen molar-refractivity contribution in [3.63, 3.8) is 0 Å². The van der Waals surface area contributed by atoms with Gasteiger partial charge in [-0.05, 0) is 95.6 Å². The molecular weight excluding hydrogens is 526 g/mol. The second kappa shape index (κ2) is 12.5. The molecule has 5 aromatic rings. The fourth-order valence-corrected chi connectivity index (χ4v) is 5.67. The van der Waals surface area contributed by atoms with Crippen molar-refractivity contribution in [3.8, 4) is 16.9 Å². The molecule has 0 saturated carbocycles. The Morgan fingerprint density at radius 1 is 0.791 bits per heavy atom. The molecule has 3 heterocycles. The van der Waals surface area contributed by atoms with Crippen molar-refractivity contribution in [2.24, 2.45) is 11.5 Å². The highest BCUT2D eigenvalue weighted by Crippen LogP contribution is 2.31. The van der Waals surface area contributed by atoms with E-state index in [2.05, 4.69) is 120 Å². The summed E-state index contributed by atoms with van der Waals surface area (Å²) >= 11 is 0. The third-order valence-corrected chi connectivity index (χ3v) is 7.81. The van der Waals surface area contributed by atoms with Crippen LogP contribution in [0.2, 0.25) is 0 Å². The molecule has 1 aliphatic rings. The molecule has 5 nitrogen and oxygen atoms in total. The van der Waals surface area contributed by atoms with Gasteiger partial charge in [-0.25, -0.2) is 4.98 Å². The number of rotatable bonds is 8. The molecule has 6 rings (SSSR count). The molecule has 212 valence electrons. The fourth-order valence-electron chi connectivity index (χ4n) is 5.67. The van der Waals surface area contributed by atoms with Crippen molar-refractivity contribution in [1.29, 1.82) is 0 Å². The van der Waals surface area contributed by atoms with Crippen LogP contribution in [0.25, 0.3) is 45.2 Å². The van der Waals surface area contributed by atoms with Gasteiger partial charge in [0.15, 0.2) is 0 Å². The van der Waals surface area contributed by atoms with Gasteiger partial charge in [0.25, 0.3) is 0 Å². The maximum atomic E-state index is 5.83. The predicted octanol–water partition coefficient (Wildman–Crippen LogP) is 7.75. The van der Waals surface area contributed by atoms with E-state index in [1.165, 1.54) is 22.1 Å². The highest BCUT2D eigenvalue weighted by molar-refractivity contribution is 5.90. The summed E-state index contributed by atoms with van der Waals surface area (Å²) in [4.78, 5) is 4.95. The first-order chi connectivity index (χ1) is 21.2. The Balaban J connectivity index is 1.35. The van der Waals surface area contributed by atoms with Gasteiger partial charge in [-0.3, -0.25) is 4.57 Å². The third-order valence-electron chi connectivity index (χ3n) is 7.81. The number of benzene rings is 3. The van der Waals surface area contributed by atoms with Crippen LogP contribution in [0.4, 0.5) is 0 Å². The number of hydrogen-bond donors (Lipinski definition) is 3. The minimum Gasteiger partial charge on any atom is -0.405 e. The van der Waals surface area contributed by atoms with Gasteiger partial charge in [0, 0.05) is 23.3 Å². The molecule has 0 spiro atoms. The summed E-state index contributed by atoms with van der Waals surface area (Å²) in [5.41, 5.74) is 21.5. The normalized spacial score (nSPS) is 15.3. The zero-order valence-electron chi connectivity index (χ0n) is 24.2. The number of nitrogens with one attached hydrogen (secondary N) is 1. The highest BCUT2D eigenvalue weighted by Gasteiger charge is 2.18. The van der Waals surface area contributed by atoms with Gasteiger partial charge in [-0.15, -0.1) is 0 Å². The second-order valence-electron chi connectivity index (χ2n) is 10.5. The second-order valence-corrected chi connectivity index (χ2v) is 10.5. The van der Waals surface area contributed by atoms with Crippen molar-refractivity contribution in [1.82, 2.24) is 14.9 Å². The van der Waals surface area contributed by atoms with Crippen molar-refractivity contribution in [2.75, 3.05) is 0 Å². The maximum absolute atomic E-state index is 5.83. The Morgan fingerprint density at radius 3 is 2.26 bits per heavy atom. The van der Waals surface area contributed by atoms with Crippen LogP contribution < -0.4 is 16.8 Å². The lowest BCUT2D eigenvalue weighted by Gasteiger charge is -2.24. The number of nitrogens with two attached hydrogens (primary N) is 2. The van der Waals surface area contributed by atoms with Crippen LogP contribution in [-0.2, 0) is 0 Å². The van der Waals surface area contributed by atoms with Gasteiger partial charge in [-0.1, -0.05) is 91.0 Å². The lowest BCUT2D eigenvalue weighted by atomic mass is 9.95. The molecular formula is C38H35N5. The first kappa shape index (κ1) is 27.6. The average molecular weight is 562 g/mol. The van der Waals surface area contributed by atoms with Crippen molar-refractivity contribution in [3.05, 3.63) is 162 Å². The van der Waals surface area contributed by atoms with Crippen LogP contribution >= 0.6 is 0 Å². The number of aryl methyl sites for hydroxylation is 1. The van der Waals surface area contributed by atoms with E-state index in [1.807, 2.05) is 30.5 Å². The Labute approximate surface area is 252 Å². The fraction of sp³-hybridized carbons (Fsp3) is 0.0789. The maximum Gasteiger partial charge on any atom is 0.137 e. The lowest BCUT2D eigenvalue weighted by Crippen LogP contribution is -2.28. The first-order valence-corrected chi connectivity index (χ1v) is 14.5. The Bertz CT molecular complexity index is 1870. The summed E-state index contributed by atoms with van der Waals surface area (Å²) in [6, 6.07) is 31.9. The van der Waals surface area contributed by atoms with Crippen LogP contribution in [-0.4, -0.2) is 15.6 Å². The standard InChI is InChI=1S/C38H35N5/c1-27-34-13-7-8-14-37(34)43(36(27)21-23-40)38-20-19-31(26-41-38)32-24-33(12-6-3-9-22-39)42-35(25-32)30-17-15-29(16-18-30)28-10-4-2-5-11-28/h2-11,13-26,33,42H,12,39-40H2,1H3/b6-3-,22-9-,23-21-. The average Bonchev–Trinajstić information content (AvgIpc) is 3.34. The van der Waals surface area contributed by atoms with Crippen LogP contribution in [0.3, 0.4) is 0 Å². The number of hydrogen-bond acceptors (Lipinski definition) is 4. The van der Waals surface area contributed by atoms with E-state index in [4.69, 9.17) is 16.5 Å². The smallest absolute Gasteiger partial charge is 0.137 e. The zero-order valence-corrected chi connectivity index (χ0v) is 24.2. The third kappa shape index (κ3) is 5.79. The van der Waals surface area contributed by atoms with Crippen LogP contribution in [0.1, 0.15) is 28.8 Å². The summed E-state index contributed by atoms with van der Waals surface area (Å²) in [5.74, 6) is 0.851. The van der Waals surface area contributed by atoms with E-state index in [0.29, 0.717) is 0 Å². The largest absolute Gasteiger partial charge is 0.405 e. The van der Waals surface area contributed by atoms with Crippen LogP contribution in [0.5, 0.6) is 0 Å². The van der Waals surface area contributed by atoms with Gasteiger partial charge in [0.05, 0.1) is 11.2 Å². The van der Waals surface area contributed by atoms with Gasteiger partial charge >= 0.3 is 0 Å². The molecule has 2 aromatic heterocycles. The van der Waals surface area contributed by atoms with E-state index in [0.717, 1.165) is 45.8 Å². The molecule has 0 radical (unpaired) electrons. The lowest BCUT2D eigenvalue weighted by molar-refractivity contribution is 0.720. The number of aromatic nitrogens is 2. The van der Waals surface area contributed by atoms with E-state index in [-0.39, 0.29) is 6.04 Å². The molecule has 0 fully saturated rings. The highest BCUT2D eigenvalue weighted by atomic mass is 15.1. The number of allylic oxidation sites excluding steroid dienone is 4. The van der Waals surface area contributed by atoms with E-state index in [9.17, 15) is 0 Å². The van der Waals surface area contributed by atoms with Crippen LogP contribution in [0, 0.1) is 6.92 Å². The molecule has 5 heteroatoms. The summed E-state index contributed by atoms with van der Waals surface area (Å²) in [5, 5.41) is 4.91. The van der Waals surface area contributed by atoms with Gasteiger partial charge in [0.2, 0.25) is 0 Å². The minimum absolute atomic E-state index is 0.114. The number of nitrogens with zero attached hydrogens (tertiary/aromatic N) is 2. The molecule has 0 aliphatic carbocycles. The number of pyridine rings is 1. The van der Waals surface area contributed by atoms with Crippen LogP contribution in [0.15, 0.2) is 140 Å². The first-order valence-electron chi connectivity index (χ1n) is 14.5. The van der Waals surface area contributed by atoms with E-state index < -0.39 is 0 Å². The Morgan fingerprint density at radius 2 is 1.51 bits per heavy atom. The minimum atomic E-state index is 0.114. The summed E-state index contributed by atoms with van der Waals surface area (Å²) in [6.07, 6.45) is 18.3. The molecule has 0 bridgehead atoms. The molecule has 43 heavy (non-hydrogen) atoms. The summed E-state index contributed by atoms with van der Waals surface area (Å²) in [6.45, 7) is 2.12. The van der Waals surface area contributed by atoms with E-state index >= 15 is 0 Å². The Kier molecular flexibility index (Phi) is 8.05. The van der Waals surface area contributed by atoms with Gasteiger partial charge in [0.1, 0.15) is 5.82 Å². The van der Waals surface area contributed by atoms with Crippen molar-refractivity contribution < 1.29 is 0 Å². The number of dihydropyridines is 1. The molecule has 0 saturated heterocycles. The molecule has 0 amide bonds. The number of fused-ring (bicyclic) bond motifs is 1. The molecule has 1 aliphatic heterocycles. The van der Waals surface area contributed by atoms with E-state index in [1.54, 1.807) is 12.4 Å². The summed E-state index contributed by atoms with van der Waals surface area (Å²) in [7, 11) is 0. The summed E-state index contributed by atoms with van der Waals surface area (Å²) < 4.78 is 2.17. The van der Waals surface area contributed by atoms with Gasteiger partial charge < -0.3 is 16.8 Å².